The van der Waals surface area contributed by atoms with Gasteiger partial charge in [0.15, 0.2) is 0 Å². The lowest BCUT2D eigenvalue weighted by Gasteiger charge is -2.14. The summed E-state index contributed by atoms with van der Waals surface area (Å²) in [7, 11) is 0. The highest BCUT2D eigenvalue weighted by Gasteiger charge is 2.30. The smallest absolute Gasteiger partial charge is 0.416 e. The molecule has 0 bridgehead atoms. The number of alkyl carbamates (subject to hydrolysis) is 1. The average Bonchev–Trinajstić information content (AvgIpc) is 2.72. The van der Waals surface area contributed by atoms with Gasteiger partial charge >= 0.3 is 12.3 Å². The fourth-order valence-corrected chi connectivity index (χ4v) is 2.59. The maximum absolute atomic E-state index is 12.7. The second-order valence-corrected chi connectivity index (χ2v) is 6.66. The van der Waals surface area contributed by atoms with Crippen LogP contribution in [0.25, 0.3) is 0 Å². The van der Waals surface area contributed by atoms with E-state index >= 15 is 0 Å². The number of hydrogen-bond donors (Lipinski definition) is 3. The Kier molecular flexibility index (Phi) is 8.67. The fourth-order valence-electron chi connectivity index (χ4n) is 2.59. The van der Waals surface area contributed by atoms with Crippen molar-refractivity contribution < 1.29 is 27.5 Å². The predicted molar refractivity (Wildman–Crippen MR) is 107 cm³/mol. The van der Waals surface area contributed by atoms with Crippen LogP contribution in [0.15, 0.2) is 54.6 Å². The van der Waals surface area contributed by atoms with Crippen molar-refractivity contribution in [2.75, 3.05) is 11.9 Å². The van der Waals surface area contributed by atoms with Crippen molar-refractivity contribution >= 4 is 17.7 Å². The molecule has 0 aliphatic heterocycles. The van der Waals surface area contributed by atoms with Crippen LogP contribution in [0.4, 0.5) is 23.7 Å². The molecule has 2 aromatic carbocycles. The van der Waals surface area contributed by atoms with Gasteiger partial charge in [-0.15, -0.1) is 0 Å². The molecule has 0 saturated heterocycles. The molecule has 0 spiro atoms. The highest BCUT2D eigenvalue weighted by molar-refractivity contribution is 5.94. The Morgan fingerprint density at radius 2 is 1.77 bits per heavy atom. The molecule has 0 aliphatic carbocycles. The first-order valence-corrected chi connectivity index (χ1v) is 9.44. The number of alkyl halides is 3. The Labute approximate surface area is 172 Å². The number of amides is 2. The SMILES string of the molecule is N[C@@H](CCCCNC(=O)OCc1ccccc1)C(=O)Nc1cccc(C(F)(F)F)c1. The number of carbonyl (C=O) groups is 2. The molecular weight excluding hydrogens is 399 g/mol. The number of nitrogens with two attached hydrogens (primary N) is 1. The van der Waals surface area contributed by atoms with E-state index in [1.165, 1.54) is 12.1 Å². The van der Waals surface area contributed by atoms with E-state index in [-0.39, 0.29) is 12.3 Å². The summed E-state index contributed by atoms with van der Waals surface area (Å²) in [6, 6.07) is 12.8. The molecule has 2 aromatic rings. The van der Waals surface area contributed by atoms with E-state index in [1.807, 2.05) is 30.3 Å². The van der Waals surface area contributed by atoms with E-state index in [0.717, 1.165) is 17.7 Å². The zero-order valence-corrected chi connectivity index (χ0v) is 16.2. The number of benzene rings is 2. The summed E-state index contributed by atoms with van der Waals surface area (Å²) in [5, 5.41) is 5.00. The second kappa shape index (κ2) is 11.2. The summed E-state index contributed by atoms with van der Waals surface area (Å²) < 4.78 is 43.2. The molecule has 0 unspecified atom stereocenters. The molecule has 0 radical (unpaired) electrons. The quantitative estimate of drug-likeness (QED) is 0.530. The number of nitrogens with one attached hydrogen (secondary N) is 2. The van der Waals surface area contributed by atoms with Crippen LogP contribution >= 0.6 is 0 Å². The maximum atomic E-state index is 12.7. The molecule has 30 heavy (non-hydrogen) atoms. The Morgan fingerprint density at radius 3 is 2.47 bits per heavy atom. The molecule has 0 aromatic heterocycles. The first-order chi connectivity index (χ1) is 14.3. The van der Waals surface area contributed by atoms with Crippen molar-refractivity contribution in [3.63, 3.8) is 0 Å². The van der Waals surface area contributed by atoms with E-state index in [1.54, 1.807) is 0 Å². The molecule has 4 N–H and O–H groups in total. The lowest BCUT2D eigenvalue weighted by molar-refractivity contribution is -0.137. The molecular formula is C21H24F3N3O3. The van der Waals surface area contributed by atoms with Crippen molar-refractivity contribution in [2.24, 2.45) is 5.73 Å². The maximum Gasteiger partial charge on any atom is 0.416 e. The number of rotatable bonds is 9. The standard InChI is InChI=1S/C21H24F3N3O3/c22-21(23,24)16-9-6-10-17(13-16)27-19(28)18(25)11-4-5-12-26-20(29)30-14-15-7-2-1-3-8-15/h1-3,6-10,13,18H,4-5,11-12,14,25H2,(H,26,29)(H,27,28)/t18-/m0/s1. The van der Waals surface area contributed by atoms with Gasteiger partial charge in [-0.1, -0.05) is 36.4 Å². The van der Waals surface area contributed by atoms with Gasteiger partial charge in [0, 0.05) is 12.2 Å². The highest BCUT2D eigenvalue weighted by atomic mass is 19.4. The topological polar surface area (TPSA) is 93.4 Å². The van der Waals surface area contributed by atoms with Crippen LogP contribution in [0.3, 0.4) is 0 Å². The molecule has 2 rings (SSSR count). The fraction of sp³-hybridized carbons (Fsp3) is 0.333. The van der Waals surface area contributed by atoms with Gasteiger partial charge in [-0.2, -0.15) is 13.2 Å². The van der Waals surface area contributed by atoms with Gasteiger partial charge < -0.3 is 21.1 Å². The third-order valence-electron chi connectivity index (χ3n) is 4.22. The van der Waals surface area contributed by atoms with Crippen molar-refractivity contribution in [3.05, 3.63) is 65.7 Å². The largest absolute Gasteiger partial charge is 0.445 e. The molecule has 0 aliphatic rings. The van der Waals surface area contributed by atoms with Crippen LogP contribution < -0.4 is 16.4 Å². The van der Waals surface area contributed by atoms with Crippen LogP contribution in [0, 0.1) is 0 Å². The second-order valence-electron chi connectivity index (χ2n) is 6.66. The third-order valence-corrected chi connectivity index (χ3v) is 4.22. The van der Waals surface area contributed by atoms with Gasteiger partial charge in [-0.05, 0) is 43.0 Å². The van der Waals surface area contributed by atoms with Crippen molar-refractivity contribution in [1.29, 1.82) is 0 Å². The molecule has 2 amide bonds. The van der Waals surface area contributed by atoms with Crippen molar-refractivity contribution in [2.45, 2.75) is 38.1 Å². The van der Waals surface area contributed by atoms with E-state index in [9.17, 15) is 22.8 Å². The van der Waals surface area contributed by atoms with Gasteiger partial charge in [0.25, 0.3) is 0 Å². The number of halogens is 3. The zero-order valence-electron chi connectivity index (χ0n) is 16.2. The molecule has 162 valence electrons. The van der Waals surface area contributed by atoms with E-state index in [0.29, 0.717) is 25.8 Å². The first kappa shape index (κ1) is 23.2. The number of ether oxygens (including phenoxy) is 1. The van der Waals surface area contributed by atoms with E-state index < -0.39 is 29.8 Å². The molecule has 9 heteroatoms. The Balaban J connectivity index is 1.63. The lowest BCUT2D eigenvalue weighted by atomic mass is 10.1. The number of unbranched alkanes of at least 4 members (excludes halogenated alkanes) is 1. The van der Waals surface area contributed by atoms with Crippen LogP contribution in [0.2, 0.25) is 0 Å². The third kappa shape index (κ3) is 8.12. The Morgan fingerprint density at radius 1 is 1.03 bits per heavy atom. The Bertz CT molecular complexity index is 829. The normalized spacial score (nSPS) is 12.1. The number of anilines is 1. The minimum Gasteiger partial charge on any atom is -0.445 e. The van der Waals surface area contributed by atoms with Gasteiger partial charge in [0.1, 0.15) is 6.61 Å². The summed E-state index contributed by atoms with van der Waals surface area (Å²) in [4.78, 5) is 23.7. The molecule has 0 fully saturated rings. The van der Waals surface area contributed by atoms with Crippen LogP contribution in [0.5, 0.6) is 0 Å². The summed E-state index contributed by atoms with van der Waals surface area (Å²) in [6.45, 7) is 0.531. The van der Waals surface area contributed by atoms with Crippen LogP contribution in [-0.2, 0) is 22.3 Å². The minimum atomic E-state index is -4.49. The summed E-state index contributed by atoms with van der Waals surface area (Å²) in [6.07, 6.45) is -3.57. The number of hydrogen-bond acceptors (Lipinski definition) is 4. The molecule has 0 heterocycles. The highest BCUT2D eigenvalue weighted by Crippen LogP contribution is 2.30. The van der Waals surface area contributed by atoms with Gasteiger partial charge in [-0.25, -0.2) is 4.79 Å². The lowest BCUT2D eigenvalue weighted by Crippen LogP contribution is -2.35. The van der Waals surface area contributed by atoms with Crippen molar-refractivity contribution in [3.8, 4) is 0 Å². The van der Waals surface area contributed by atoms with Crippen LogP contribution in [0.1, 0.15) is 30.4 Å². The van der Waals surface area contributed by atoms with Crippen LogP contribution in [-0.4, -0.2) is 24.6 Å². The monoisotopic (exact) mass is 423 g/mol. The first-order valence-electron chi connectivity index (χ1n) is 9.44. The Hall–Kier alpha value is -3.07. The summed E-state index contributed by atoms with van der Waals surface area (Å²) >= 11 is 0. The average molecular weight is 423 g/mol. The van der Waals surface area contributed by atoms with E-state index in [2.05, 4.69) is 10.6 Å². The summed E-state index contributed by atoms with van der Waals surface area (Å²) in [5.41, 5.74) is 5.86. The molecule has 0 saturated carbocycles. The zero-order chi connectivity index (χ0) is 22.0. The van der Waals surface area contributed by atoms with Crippen molar-refractivity contribution in [1.82, 2.24) is 5.32 Å². The minimum absolute atomic E-state index is 0.0353. The van der Waals surface area contributed by atoms with E-state index in [4.69, 9.17) is 10.5 Å². The predicted octanol–water partition coefficient (Wildman–Crippen LogP) is 4.07. The van der Waals surface area contributed by atoms with Gasteiger partial charge in [0.05, 0.1) is 11.6 Å². The molecule has 1 atom stereocenters. The van der Waals surface area contributed by atoms with Gasteiger partial charge in [0.2, 0.25) is 5.91 Å². The number of carbonyl (C=O) groups excluding carboxylic acids is 2. The molecule has 6 nitrogen and oxygen atoms in total. The van der Waals surface area contributed by atoms with Gasteiger partial charge in [-0.3, -0.25) is 4.79 Å². The summed E-state index contributed by atoms with van der Waals surface area (Å²) in [5.74, 6) is -0.565.